The van der Waals surface area contributed by atoms with E-state index in [1.807, 2.05) is 0 Å². The first-order valence-corrected chi connectivity index (χ1v) is 5.59. The molecule has 0 spiro atoms. The van der Waals surface area contributed by atoms with Gasteiger partial charge in [-0.1, -0.05) is 0 Å². The average Bonchev–Trinajstić information content (AvgIpc) is 2.25. The van der Waals surface area contributed by atoms with E-state index < -0.39 is 5.60 Å². The SMILES string of the molecule is COc1ccc(C(=O)N(C)CC(C)(C)O)cc1O. The highest BCUT2D eigenvalue weighted by Gasteiger charge is 2.21. The summed E-state index contributed by atoms with van der Waals surface area (Å²) in [5, 5.41) is 19.3. The number of ether oxygens (including phenoxy) is 1. The van der Waals surface area contributed by atoms with Crippen molar-refractivity contribution in [3.05, 3.63) is 23.8 Å². The fourth-order valence-corrected chi connectivity index (χ4v) is 1.70. The summed E-state index contributed by atoms with van der Waals surface area (Å²) in [5.41, 5.74) is -0.612. The Kier molecular flexibility index (Phi) is 4.19. The topological polar surface area (TPSA) is 70.0 Å². The predicted molar refractivity (Wildman–Crippen MR) is 67.9 cm³/mol. The third kappa shape index (κ3) is 3.63. The van der Waals surface area contributed by atoms with E-state index in [2.05, 4.69) is 0 Å². The van der Waals surface area contributed by atoms with Gasteiger partial charge >= 0.3 is 0 Å². The molecule has 2 N–H and O–H groups in total. The molecule has 0 saturated carbocycles. The number of carbonyl (C=O) groups excluding carboxylic acids is 1. The van der Waals surface area contributed by atoms with Crippen molar-refractivity contribution in [1.29, 1.82) is 0 Å². The lowest BCUT2D eigenvalue weighted by Crippen LogP contribution is -2.39. The van der Waals surface area contributed by atoms with Crippen LogP contribution in [0.1, 0.15) is 24.2 Å². The fourth-order valence-electron chi connectivity index (χ4n) is 1.70. The number of phenolic OH excluding ortho intramolecular Hbond substituents is 1. The van der Waals surface area contributed by atoms with E-state index in [1.54, 1.807) is 27.0 Å². The maximum Gasteiger partial charge on any atom is 0.253 e. The molecule has 1 aromatic carbocycles. The van der Waals surface area contributed by atoms with E-state index in [0.717, 1.165) is 0 Å². The van der Waals surface area contributed by atoms with Crippen molar-refractivity contribution in [2.45, 2.75) is 19.4 Å². The Balaban J connectivity index is 2.87. The largest absolute Gasteiger partial charge is 0.504 e. The van der Waals surface area contributed by atoms with Gasteiger partial charge in [-0.15, -0.1) is 0 Å². The molecule has 0 fully saturated rings. The van der Waals surface area contributed by atoms with Crippen molar-refractivity contribution in [1.82, 2.24) is 4.90 Å². The highest BCUT2D eigenvalue weighted by Crippen LogP contribution is 2.26. The quantitative estimate of drug-likeness (QED) is 0.847. The van der Waals surface area contributed by atoms with Gasteiger partial charge in [0.05, 0.1) is 12.7 Å². The molecule has 0 heterocycles. The van der Waals surface area contributed by atoms with Crippen LogP contribution in [0.15, 0.2) is 18.2 Å². The van der Waals surface area contributed by atoms with Crippen molar-refractivity contribution in [3.63, 3.8) is 0 Å². The summed E-state index contributed by atoms with van der Waals surface area (Å²) < 4.78 is 4.91. The summed E-state index contributed by atoms with van der Waals surface area (Å²) in [5.74, 6) is -0.0354. The molecule has 0 unspecified atom stereocenters. The van der Waals surface area contributed by atoms with Crippen molar-refractivity contribution in [2.75, 3.05) is 20.7 Å². The molecule has 0 radical (unpaired) electrons. The summed E-state index contributed by atoms with van der Waals surface area (Å²) >= 11 is 0. The first-order chi connectivity index (χ1) is 8.24. The van der Waals surface area contributed by atoms with Gasteiger partial charge in [-0.3, -0.25) is 4.79 Å². The fraction of sp³-hybridized carbons (Fsp3) is 0.462. The van der Waals surface area contributed by atoms with Gasteiger partial charge in [0.2, 0.25) is 0 Å². The van der Waals surface area contributed by atoms with Gasteiger partial charge in [-0.2, -0.15) is 0 Å². The predicted octanol–water partition coefficient (Wildman–Crippen LogP) is 1.24. The molecule has 1 amide bonds. The molecule has 5 nitrogen and oxygen atoms in total. The molecule has 0 bridgehead atoms. The number of hydrogen-bond donors (Lipinski definition) is 2. The van der Waals surface area contributed by atoms with Gasteiger partial charge < -0.3 is 19.8 Å². The Morgan fingerprint density at radius 1 is 1.44 bits per heavy atom. The summed E-state index contributed by atoms with van der Waals surface area (Å²) in [6.45, 7) is 3.46. The Bertz CT molecular complexity index is 437. The molecular weight excluding hydrogens is 234 g/mol. The molecule has 100 valence electrons. The molecule has 1 aromatic rings. The van der Waals surface area contributed by atoms with Crippen LogP contribution in [-0.2, 0) is 0 Å². The number of aromatic hydroxyl groups is 1. The third-order valence-electron chi connectivity index (χ3n) is 2.40. The van der Waals surface area contributed by atoms with Gasteiger partial charge in [0.15, 0.2) is 11.5 Å². The number of hydrogen-bond acceptors (Lipinski definition) is 4. The van der Waals surface area contributed by atoms with Crippen LogP contribution < -0.4 is 4.74 Å². The van der Waals surface area contributed by atoms with Crippen LogP contribution in [0.3, 0.4) is 0 Å². The first-order valence-electron chi connectivity index (χ1n) is 5.59. The second-order valence-electron chi connectivity index (χ2n) is 4.86. The zero-order chi connectivity index (χ0) is 13.9. The minimum absolute atomic E-state index is 0.0833. The van der Waals surface area contributed by atoms with Crippen LogP contribution in [0.5, 0.6) is 11.5 Å². The lowest BCUT2D eigenvalue weighted by Gasteiger charge is -2.25. The number of carbonyl (C=O) groups is 1. The van der Waals surface area contributed by atoms with Crippen LogP contribution in [0.25, 0.3) is 0 Å². The van der Waals surface area contributed by atoms with Crippen LogP contribution in [0, 0.1) is 0 Å². The van der Waals surface area contributed by atoms with E-state index in [0.29, 0.717) is 11.3 Å². The van der Waals surface area contributed by atoms with E-state index in [9.17, 15) is 15.0 Å². The number of amides is 1. The second-order valence-corrected chi connectivity index (χ2v) is 4.86. The molecule has 0 aliphatic rings. The number of rotatable bonds is 4. The molecule has 1 rings (SSSR count). The number of phenols is 1. The van der Waals surface area contributed by atoms with Crippen LogP contribution in [-0.4, -0.2) is 47.3 Å². The number of likely N-dealkylation sites (N-methyl/N-ethyl adjacent to an activating group) is 1. The zero-order valence-corrected chi connectivity index (χ0v) is 11.1. The molecule has 0 atom stereocenters. The third-order valence-corrected chi connectivity index (χ3v) is 2.40. The molecule has 0 aliphatic carbocycles. The van der Waals surface area contributed by atoms with Gasteiger partial charge in [0, 0.05) is 19.2 Å². The highest BCUT2D eigenvalue weighted by molar-refractivity contribution is 5.94. The zero-order valence-electron chi connectivity index (χ0n) is 11.1. The summed E-state index contributed by atoms with van der Waals surface area (Å²) in [7, 11) is 3.04. The second kappa shape index (κ2) is 5.27. The van der Waals surface area contributed by atoms with Gasteiger partial charge in [-0.05, 0) is 32.0 Å². The smallest absolute Gasteiger partial charge is 0.253 e. The molecule has 5 heteroatoms. The van der Waals surface area contributed by atoms with E-state index >= 15 is 0 Å². The van der Waals surface area contributed by atoms with E-state index in [4.69, 9.17) is 4.74 Å². The van der Waals surface area contributed by atoms with E-state index in [1.165, 1.54) is 24.1 Å². The van der Waals surface area contributed by atoms with Crippen LogP contribution in [0.4, 0.5) is 0 Å². The molecular formula is C13H19NO4. The molecule has 18 heavy (non-hydrogen) atoms. The van der Waals surface area contributed by atoms with Crippen LogP contribution >= 0.6 is 0 Å². The lowest BCUT2D eigenvalue weighted by atomic mass is 10.1. The Morgan fingerprint density at radius 3 is 2.50 bits per heavy atom. The average molecular weight is 253 g/mol. The van der Waals surface area contributed by atoms with E-state index in [-0.39, 0.29) is 18.2 Å². The van der Waals surface area contributed by atoms with Crippen LogP contribution in [0.2, 0.25) is 0 Å². The molecule has 0 saturated heterocycles. The van der Waals surface area contributed by atoms with Crippen molar-refractivity contribution >= 4 is 5.91 Å². The standard InChI is InChI=1S/C13H19NO4/c1-13(2,17)8-14(3)12(16)9-5-6-11(18-4)10(15)7-9/h5-7,15,17H,8H2,1-4H3. The minimum atomic E-state index is -0.959. The van der Waals surface area contributed by atoms with Crippen molar-refractivity contribution in [3.8, 4) is 11.5 Å². The first kappa shape index (κ1) is 14.3. The van der Waals surface area contributed by atoms with Gasteiger partial charge in [0.1, 0.15) is 0 Å². The molecule has 0 aromatic heterocycles. The van der Waals surface area contributed by atoms with Crippen molar-refractivity contribution in [2.24, 2.45) is 0 Å². The van der Waals surface area contributed by atoms with Gasteiger partial charge in [0.25, 0.3) is 5.91 Å². The summed E-state index contributed by atoms with van der Waals surface area (Å²) in [6.07, 6.45) is 0. The summed E-state index contributed by atoms with van der Waals surface area (Å²) in [4.78, 5) is 13.4. The summed E-state index contributed by atoms with van der Waals surface area (Å²) in [6, 6.07) is 4.45. The maximum absolute atomic E-state index is 12.0. The maximum atomic E-state index is 12.0. The van der Waals surface area contributed by atoms with Gasteiger partial charge in [-0.25, -0.2) is 0 Å². The number of aliphatic hydroxyl groups is 1. The Labute approximate surface area is 107 Å². The number of benzene rings is 1. The molecule has 0 aliphatic heterocycles. The Morgan fingerprint density at radius 2 is 2.06 bits per heavy atom. The minimum Gasteiger partial charge on any atom is -0.504 e. The monoisotopic (exact) mass is 253 g/mol. The highest BCUT2D eigenvalue weighted by atomic mass is 16.5. The number of nitrogens with zero attached hydrogens (tertiary/aromatic N) is 1. The Hall–Kier alpha value is -1.75. The van der Waals surface area contributed by atoms with Crippen molar-refractivity contribution < 1.29 is 19.7 Å². The normalized spacial score (nSPS) is 11.2. The number of methoxy groups -OCH3 is 1. The lowest BCUT2D eigenvalue weighted by molar-refractivity contribution is 0.0367.